The van der Waals surface area contributed by atoms with Gasteiger partial charge in [-0.25, -0.2) is 0 Å². The summed E-state index contributed by atoms with van der Waals surface area (Å²) in [5.41, 5.74) is 3.26. The van der Waals surface area contributed by atoms with Gasteiger partial charge in [0.15, 0.2) is 0 Å². The van der Waals surface area contributed by atoms with Crippen molar-refractivity contribution in [3.8, 4) is 17.2 Å². The third kappa shape index (κ3) is 5.87. The Morgan fingerprint density at radius 2 is 1.63 bits per heavy atom. The third-order valence-corrected chi connectivity index (χ3v) is 6.83. The molecule has 0 spiro atoms. The molecular formula is C31H37NO6. The van der Waals surface area contributed by atoms with Crippen LogP contribution in [0.25, 0.3) is 10.8 Å². The molecule has 1 aliphatic heterocycles. The molecule has 1 atom stereocenters. The quantitative estimate of drug-likeness (QED) is 0.151. The molecule has 0 saturated heterocycles. The van der Waals surface area contributed by atoms with Crippen LogP contribution < -0.4 is 14.2 Å². The van der Waals surface area contributed by atoms with E-state index in [0.29, 0.717) is 24.5 Å². The standard InChI is InChI=1S/C31H37NO6/c1-7-27(33)36-22-18-16-21(17-19-22)23(12-10-11-15-26-32-38-31(3,4)37-26)28-20(2)29(34-5)24-13-8-9-14-25(24)30(28)35-6/h8-9,13-14,16-19,23H,7,10-12,15H2,1-6H3. The molecule has 38 heavy (non-hydrogen) atoms. The van der Waals surface area contributed by atoms with Crippen LogP contribution in [-0.2, 0) is 14.4 Å². The molecule has 0 N–H and O–H groups in total. The number of carbonyl (C=O) groups is 1. The predicted octanol–water partition coefficient (Wildman–Crippen LogP) is 7.27. The first-order valence-corrected chi connectivity index (χ1v) is 13.2. The molecule has 1 unspecified atom stereocenters. The number of esters is 1. The minimum Gasteiger partial charge on any atom is -0.496 e. The number of carbonyl (C=O) groups excluding carboxylic acids is 1. The summed E-state index contributed by atoms with van der Waals surface area (Å²) >= 11 is 0. The number of nitrogens with zero attached hydrogens (tertiary/aromatic N) is 1. The van der Waals surface area contributed by atoms with Gasteiger partial charge in [-0.3, -0.25) is 4.79 Å². The van der Waals surface area contributed by atoms with E-state index in [9.17, 15) is 4.79 Å². The summed E-state index contributed by atoms with van der Waals surface area (Å²) in [4.78, 5) is 17.1. The molecule has 0 aromatic heterocycles. The van der Waals surface area contributed by atoms with Gasteiger partial charge in [-0.1, -0.05) is 49.7 Å². The van der Waals surface area contributed by atoms with Crippen LogP contribution in [0.5, 0.6) is 17.2 Å². The number of oxime groups is 1. The zero-order chi connectivity index (χ0) is 27.3. The van der Waals surface area contributed by atoms with Crippen molar-refractivity contribution in [3.05, 3.63) is 65.2 Å². The average molecular weight is 520 g/mol. The van der Waals surface area contributed by atoms with Crippen molar-refractivity contribution in [1.82, 2.24) is 0 Å². The molecule has 0 bridgehead atoms. The van der Waals surface area contributed by atoms with Crippen LogP contribution >= 0.6 is 0 Å². The van der Waals surface area contributed by atoms with Gasteiger partial charge in [-0.05, 0) is 48.2 Å². The molecule has 7 heteroatoms. The maximum atomic E-state index is 11.8. The van der Waals surface area contributed by atoms with E-state index in [-0.39, 0.29) is 11.9 Å². The molecule has 0 amide bonds. The lowest BCUT2D eigenvalue weighted by molar-refractivity contribution is -0.134. The van der Waals surface area contributed by atoms with Gasteiger partial charge >= 0.3 is 5.97 Å². The topological polar surface area (TPSA) is 75.6 Å². The maximum Gasteiger partial charge on any atom is 0.310 e. The number of fused-ring (bicyclic) bond motifs is 1. The summed E-state index contributed by atoms with van der Waals surface area (Å²) in [6.45, 7) is 7.57. The second kappa shape index (κ2) is 11.8. The molecule has 7 nitrogen and oxygen atoms in total. The minimum absolute atomic E-state index is 0.0264. The molecule has 1 heterocycles. The minimum atomic E-state index is -0.701. The van der Waals surface area contributed by atoms with E-state index >= 15 is 0 Å². The molecule has 0 saturated carbocycles. The molecule has 0 fully saturated rings. The Balaban J connectivity index is 1.69. The maximum absolute atomic E-state index is 11.8. The van der Waals surface area contributed by atoms with E-state index in [1.807, 2.05) is 50.2 Å². The molecule has 3 aromatic rings. The summed E-state index contributed by atoms with van der Waals surface area (Å²) in [6.07, 6.45) is 3.73. The number of rotatable bonds is 11. The van der Waals surface area contributed by atoms with Crippen molar-refractivity contribution in [2.45, 2.75) is 71.5 Å². The lowest BCUT2D eigenvalue weighted by atomic mass is 9.82. The SMILES string of the molecule is CCC(=O)Oc1ccc(C(CCCCC2=NOC(C)(C)O2)c2c(C)c(OC)c3ccccc3c2OC)cc1. The molecule has 1 aliphatic rings. The van der Waals surface area contributed by atoms with E-state index in [2.05, 4.69) is 24.2 Å². The van der Waals surface area contributed by atoms with Crippen molar-refractivity contribution in [2.24, 2.45) is 5.16 Å². The van der Waals surface area contributed by atoms with Crippen molar-refractivity contribution < 1.29 is 28.6 Å². The first-order chi connectivity index (χ1) is 18.3. The first kappa shape index (κ1) is 27.3. The first-order valence-electron chi connectivity index (χ1n) is 13.2. The van der Waals surface area contributed by atoms with Crippen LogP contribution in [0.2, 0.25) is 0 Å². The van der Waals surface area contributed by atoms with Gasteiger partial charge in [0.25, 0.3) is 5.79 Å². The number of hydrogen-bond acceptors (Lipinski definition) is 7. The van der Waals surface area contributed by atoms with Gasteiger partial charge < -0.3 is 23.8 Å². The Hall–Kier alpha value is -3.74. The number of methoxy groups -OCH3 is 2. The van der Waals surface area contributed by atoms with Gasteiger partial charge in [0, 0.05) is 48.9 Å². The third-order valence-electron chi connectivity index (χ3n) is 6.83. The van der Waals surface area contributed by atoms with Gasteiger partial charge in [-0.2, -0.15) is 0 Å². The fourth-order valence-corrected chi connectivity index (χ4v) is 5.07. The molecular weight excluding hydrogens is 482 g/mol. The molecule has 0 aliphatic carbocycles. The Morgan fingerprint density at radius 1 is 0.974 bits per heavy atom. The average Bonchev–Trinajstić information content (AvgIpc) is 3.27. The monoisotopic (exact) mass is 519 g/mol. The van der Waals surface area contributed by atoms with E-state index < -0.39 is 5.79 Å². The lowest BCUT2D eigenvalue weighted by Gasteiger charge is -2.26. The van der Waals surface area contributed by atoms with Gasteiger partial charge in [0.05, 0.1) is 14.2 Å². The second-order valence-electron chi connectivity index (χ2n) is 9.92. The van der Waals surface area contributed by atoms with Crippen LogP contribution in [0.1, 0.15) is 75.5 Å². The highest BCUT2D eigenvalue weighted by atomic mass is 16.8. The largest absolute Gasteiger partial charge is 0.496 e. The number of hydrogen-bond donors (Lipinski definition) is 0. The van der Waals surface area contributed by atoms with Crippen molar-refractivity contribution in [3.63, 3.8) is 0 Å². The molecule has 202 valence electrons. The van der Waals surface area contributed by atoms with Crippen molar-refractivity contribution >= 4 is 22.6 Å². The predicted molar refractivity (Wildman–Crippen MR) is 148 cm³/mol. The smallest absolute Gasteiger partial charge is 0.310 e. The molecule has 0 radical (unpaired) electrons. The van der Waals surface area contributed by atoms with Gasteiger partial charge in [0.1, 0.15) is 17.2 Å². The lowest BCUT2D eigenvalue weighted by Crippen LogP contribution is -2.22. The fraction of sp³-hybridized carbons (Fsp3) is 0.419. The van der Waals surface area contributed by atoms with Crippen LogP contribution in [0.15, 0.2) is 53.7 Å². The van der Waals surface area contributed by atoms with E-state index in [4.69, 9.17) is 23.8 Å². The van der Waals surface area contributed by atoms with Crippen LogP contribution in [0.3, 0.4) is 0 Å². The number of ether oxygens (including phenoxy) is 4. The van der Waals surface area contributed by atoms with E-state index in [1.165, 1.54) is 0 Å². The normalized spacial score (nSPS) is 14.8. The molecule has 4 rings (SSSR count). The van der Waals surface area contributed by atoms with Crippen LogP contribution in [-0.4, -0.2) is 31.9 Å². The van der Waals surface area contributed by atoms with Crippen molar-refractivity contribution in [1.29, 1.82) is 0 Å². The zero-order valence-corrected chi connectivity index (χ0v) is 23.1. The second-order valence-corrected chi connectivity index (χ2v) is 9.92. The van der Waals surface area contributed by atoms with E-state index in [1.54, 1.807) is 21.1 Å². The highest BCUT2D eigenvalue weighted by Gasteiger charge is 2.30. The summed E-state index contributed by atoms with van der Waals surface area (Å²) in [5, 5.41) is 6.11. The van der Waals surface area contributed by atoms with Crippen LogP contribution in [0, 0.1) is 6.92 Å². The van der Waals surface area contributed by atoms with Crippen molar-refractivity contribution in [2.75, 3.05) is 14.2 Å². The summed E-state index contributed by atoms with van der Waals surface area (Å²) in [7, 11) is 3.43. The summed E-state index contributed by atoms with van der Waals surface area (Å²) in [6, 6.07) is 15.9. The van der Waals surface area contributed by atoms with Crippen LogP contribution in [0.4, 0.5) is 0 Å². The highest BCUT2D eigenvalue weighted by Crippen LogP contribution is 2.47. The Morgan fingerprint density at radius 3 is 2.21 bits per heavy atom. The Labute approximate surface area is 224 Å². The zero-order valence-electron chi connectivity index (χ0n) is 23.1. The summed E-state index contributed by atoms with van der Waals surface area (Å²) in [5.74, 6) is 1.95. The number of benzene rings is 3. The Kier molecular flexibility index (Phi) is 8.45. The molecule has 3 aromatic carbocycles. The van der Waals surface area contributed by atoms with E-state index in [0.717, 1.165) is 58.2 Å². The highest BCUT2D eigenvalue weighted by molar-refractivity contribution is 5.96. The van der Waals surface area contributed by atoms with Gasteiger partial charge in [-0.15, -0.1) is 0 Å². The fourth-order valence-electron chi connectivity index (χ4n) is 5.07. The number of unbranched alkanes of at least 4 members (excludes halogenated alkanes) is 1. The van der Waals surface area contributed by atoms with Gasteiger partial charge in [0.2, 0.25) is 5.90 Å². The summed E-state index contributed by atoms with van der Waals surface area (Å²) < 4.78 is 23.2. The Bertz CT molecular complexity index is 1310.